The molecule has 1 aromatic rings. The summed E-state index contributed by atoms with van der Waals surface area (Å²) in [4.78, 5) is 26.8. The molecule has 1 aliphatic heterocycles. The first-order valence-corrected chi connectivity index (χ1v) is 8.59. The SMILES string of the molecule is CCOc1cc(/C=C2\C(=O)N(CC(C)C)C(C)=C2C(=O)OC)ccc1O. The number of methoxy groups -OCH3 is 1. The Hall–Kier alpha value is -2.76. The summed E-state index contributed by atoms with van der Waals surface area (Å²) in [6.07, 6.45) is 1.63. The number of esters is 1. The highest BCUT2D eigenvalue weighted by Crippen LogP contribution is 2.34. The maximum Gasteiger partial charge on any atom is 0.340 e. The van der Waals surface area contributed by atoms with Crippen molar-refractivity contribution in [1.82, 2.24) is 4.90 Å². The van der Waals surface area contributed by atoms with Gasteiger partial charge in [-0.1, -0.05) is 19.9 Å². The predicted octanol–water partition coefficient (Wildman–Crippen LogP) is 3.12. The average Bonchev–Trinajstić information content (AvgIpc) is 2.81. The summed E-state index contributed by atoms with van der Waals surface area (Å²) in [5.41, 5.74) is 1.79. The zero-order valence-electron chi connectivity index (χ0n) is 15.8. The van der Waals surface area contributed by atoms with Crippen molar-refractivity contribution in [2.45, 2.75) is 27.7 Å². The third-order valence-electron chi connectivity index (χ3n) is 4.04. The lowest BCUT2D eigenvalue weighted by Crippen LogP contribution is -2.28. The Morgan fingerprint density at radius 3 is 2.62 bits per heavy atom. The summed E-state index contributed by atoms with van der Waals surface area (Å²) in [5.74, 6) is -0.176. The van der Waals surface area contributed by atoms with Gasteiger partial charge >= 0.3 is 5.97 Å². The van der Waals surface area contributed by atoms with Gasteiger partial charge in [0.05, 0.1) is 24.9 Å². The number of nitrogens with zero attached hydrogens (tertiary/aromatic N) is 1. The summed E-state index contributed by atoms with van der Waals surface area (Å²) in [6, 6.07) is 4.79. The van der Waals surface area contributed by atoms with Crippen LogP contribution < -0.4 is 4.74 Å². The number of allylic oxidation sites excluding steroid dienone is 1. The Morgan fingerprint density at radius 2 is 2.04 bits per heavy atom. The fourth-order valence-electron chi connectivity index (χ4n) is 2.87. The van der Waals surface area contributed by atoms with Crippen LogP contribution in [0.3, 0.4) is 0 Å². The molecule has 1 aliphatic rings. The van der Waals surface area contributed by atoms with Crippen molar-refractivity contribution >= 4 is 18.0 Å². The van der Waals surface area contributed by atoms with Crippen LogP contribution in [0.5, 0.6) is 11.5 Å². The Balaban J connectivity index is 2.51. The molecule has 0 aliphatic carbocycles. The predicted molar refractivity (Wildman–Crippen MR) is 98.5 cm³/mol. The molecular formula is C20H25NO5. The van der Waals surface area contributed by atoms with Gasteiger partial charge in [-0.15, -0.1) is 0 Å². The van der Waals surface area contributed by atoms with Gasteiger partial charge in [-0.05, 0) is 43.5 Å². The second-order valence-corrected chi connectivity index (χ2v) is 6.48. The van der Waals surface area contributed by atoms with Crippen molar-refractivity contribution in [3.05, 3.63) is 40.6 Å². The van der Waals surface area contributed by atoms with Gasteiger partial charge in [0.2, 0.25) is 0 Å². The molecule has 6 heteroatoms. The van der Waals surface area contributed by atoms with Gasteiger partial charge in [-0.3, -0.25) is 4.79 Å². The summed E-state index contributed by atoms with van der Waals surface area (Å²) in [6.45, 7) is 8.50. The average molecular weight is 359 g/mol. The summed E-state index contributed by atoms with van der Waals surface area (Å²) in [5, 5.41) is 9.84. The van der Waals surface area contributed by atoms with Crippen molar-refractivity contribution in [2.24, 2.45) is 5.92 Å². The molecule has 0 fully saturated rings. The zero-order valence-corrected chi connectivity index (χ0v) is 15.8. The number of phenolic OH excluding ortho intramolecular Hbond substituents is 1. The lowest BCUT2D eigenvalue weighted by Gasteiger charge is -2.19. The van der Waals surface area contributed by atoms with E-state index in [9.17, 15) is 14.7 Å². The first kappa shape index (κ1) is 19.6. The second kappa shape index (κ2) is 8.08. The summed E-state index contributed by atoms with van der Waals surface area (Å²) in [7, 11) is 1.30. The third-order valence-corrected chi connectivity index (χ3v) is 4.04. The highest BCUT2D eigenvalue weighted by Gasteiger charge is 2.37. The quantitative estimate of drug-likeness (QED) is 0.624. The van der Waals surface area contributed by atoms with E-state index >= 15 is 0 Å². The second-order valence-electron chi connectivity index (χ2n) is 6.48. The minimum atomic E-state index is -0.544. The number of amides is 1. The smallest absolute Gasteiger partial charge is 0.340 e. The van der Waals surface area contributed by atoms with E-state index in [1.165, 1.54) is 13.2 Å². The van der Waals surface area contributed by atoms with Crippen molar-refractivity contribution in [3.63, 3.8) is 0 Å². The van der Waals surface area contributed by atoms with Crippen LogP contribution in [0.15, 0.2) is 35.0 Å². The molecule has 0 bridgehead atoms. The van der Waals surface area contributed by atoms with Crippen LogP contribution in [-0.2, 0) is 14.3 Å². The Kier molecular flexibility index (Phi) is 6.08. The van der Waals surface area contributed by atoms with Crippen molar-refractivity contribution < 1.29 is 24.2 Å². The van der Waals surface area contributed by atoms with Crippen LogP contribution in [0.25, 0.3) is 6.08 Å². The number of carbonyl (C=O) groups is 2. The standard InChI is InChI=1S/C20H25NO5/c1-6-26-17-10-14(7-8-16(17)22)9-15-18(20(24)25-5)13(4)21(19(15)23)11-12(2)3/h7-10,12,22H,6,11H2,1-5H3/b15-9-. The van der Waals surface area contributed by atoms with E-state index < -0.39 is 5.97 Å². The molecule has 6 nitrogen and oxygen atoms in total. The van der Waals surface area contributed by atoms with E-state index in [2.05, 4.69) is 0 Å². The zero-order chi connectivity index (χ0) is 19.4. The first-order valence-electron chi connectivity index (χ1n) is 8.59. The largest absolute Gasteiger partial charge is 0.504 e. The molecular weight excluding hydrogens is 334 g/mol. The maximum atomic E-state index is 12.9. The van der Waals surface area contributed by atoms with Gasteiger partial charge in [-0.2, -0.15) is 0 Å². The van der Waals surface area contributed by atoms with Crippen LogP contribution in [0.1, 0.15) is 33.3 Å². The molecule has 1 amide bonds. The van der Waals surface area contributed by atoms with Crippen molar-refractivity contribution in [3.8, 4) is 11.5 Å². The molecule has 2 rings (SSSR count). The van der Waals surface area contributed by atoms with Crippen LogP contribution in [-0.4, -0.2) is 42.1 Å². The van der Waals surface area contributed by atoms with Gasteiger partial charge in [0.25, 0.3) is 5.91 Å². The monoisotopic (exact) mass is 359 g/mol. The number of phenols is 1. The van der Waals surface area contributed by atoms with Crippen LogP contribution >= 0.6 is 0 Å². The van der Waals surface area contributed by atoms with Gasteiger partial charge in [0, 0.05) is 12.2 Å². The number of aromatic hydroxyl groups is 1. The van der Waals surface area contributed by atoms with Crippen LogP contribution in [0.2, 0.25) is 0 Å². The van der Waals surface area contributed by atoms with Gasteiger partial charge in [0.15, 0.2) is 11.5 Å². The van der Waals surface area contributed by atoms with E-state index in [1.54, 1.807) is 30.0 Å². The minimum Gasteiger partial charge on any atom is -0.504 e. The normalized spacial score (nSPS) is 16.0. The van der Waals surface area contributed by atoms with Crippen molar-refractivity contribution in [2.75, 3.05) is 20.3 Å². The molecule has 0 saturated heterocycles. The molecule has 0 spiro atoms. The lowest BCUT2D eigenvalue weighted by molar-refractivity contribution is -0.136. The number of hydrogen-bond donors (Lipinski definition) is 1. The fourth-order valence-corrected chi connectivity index (χ4v) is 2.87. The first-order chi connectivity index (χ1) is 12.3. The molecule has 0 atom stereocenters. The van der Waals surface area contributed by atoms with Gasteiger partial charge < -0.3 is 19.5 Å². The lowest BCUT2D eigenvalue weighted by atomic mass is 10.0. The third kappa shape index (κ3) is 3.90. The highest BCUT2D eigenvalue weighted by atomic mass is 16.5. The minimum absolute atomic E-state index is 0.0214. The number of ether oxygens (including phenoxy) is 2. The van der Waals surface area contributed by atoms with E-state index in [0.29, 0.717) is 30.2 Å². The van der Waals surface area contributed by atoms with Crippen LogP contribution in [0, 0.1) is 5.92 Å². The Morgan fingerprint density at radius 1 is 1.35 bits per heavy atom. The molecule has 1 N–H and O–H groups in total. The molecule has 0 aromatic heterocycles. The number of rotatable bonds is 6. The molecule has 1 aromatic carbocycles. The van der Waals surface area contributed by atoms with Gasteiger partial charge in [0.1, 0.15) is 0 Å². The van der Waals surface area contributed by atoms with E-state index in [4.69, 9.17) is 9.47 Å². The van der Waals surface area contributed by atoms with E-state index in [0.717, 1.165) is 0 Å². The van der Waals surface area contributed by atoms with Gasteiger partial charge in [-0.25, -0.2) is 4.79 Å². The van der Waals surface area contributed by atoms with Crippen molar-refractivity contribution in [1.29, 1.82) is 0 Å². The van der Waals surface area contributed by atoms with Crippen LogP contribution in [0.4, 0.5) is 0 Å². The Bertz CT molecular complexity index is 776. The molecule has 0 radical (unpaired) electrons. The number of hydrogen-bond acceptors (Lipinski definition) is 5. The fraction of sp³-hybridized carbons (Fsp3) is 0.400. The molecule has 140 valence electrons. The molecule has 1 heterocycles. The molecule has 0 unspecified atom stereocenters. The topological polar surface area (TPSA) is 76.1 Å². The van der Waals surface area contributed by atoms with E-state index in [1.807, 2.05) is 20.8 Å². The molecule has 26 heavy (non-hydrogen) atoms. The highest BCUT2D eigenvalue weighted by molar-refractivity contribution is 6.16. The van der Waals surface area contributed by atoms with E-state index in [-0.39, 0.29) is 28.7 Å². The number of benzene rings is 1. The maximum absolute atomic E-state index is 12.9. The summed E-state index contributed by atoms with van der Waals surface area (Å²) >= 11 is 0. The molecule has 0 saturated carbocycles. The number of carbonyl (C=O) groups excluding carboxylic acids is 2. The summed E-state index contributed by atoms with van der Waals surface area (Å²) < 4.78 is 10.3. The Labute approximate surface area is 153 Å².